The molecule has 1 unspecified atom stereocenters. The van der Waals surface area contributed by atoms with Crippen molar-refractivity contribution in [3.8, 4) is 0 Å². The van der Waals surface area contributed by atoms with Gasteiger partial charge in [0.1, 0.15) is 0 Å². The van der Waals surface area contributed by atoms with Gasteiger partial charge in [-0.05, 0) is 39.7 Å². The van der Waals surface area contributed by atoms with Crippen molar-refractivity contribution in [2.45, 2.75) is 72.8 Å². The molecule has 0 radical (unpaired) electrons. The van der Waals surface area contributed by atoms with Gasteiger partial charge in [-0.1, -0.05) is 39.5 Å². The lowest BCUT2D eigenvalue weighted by Gasteiger charge is -2.12. The van der Waals surface area contributed by atoms with Crippen molar-refractivity contribution in [3.05, 3.63) is 15.6 Å². The maximum atomic E-state index is 4.61. The number of aryl methyl sites for hydroxylation is 2. The molecule has 110 valence electrons. The number of thiazole rings is 1. The second kappa shape index (κ2) is 8.70. The normalized spacial score (nSPS) is 13.2. The molecular formula is C16H30N2S. The molecule has 0 spiro atoms. The predicted octanol–water partition coefficient (Wildman–Crippen LogP) is 5.02. The highest BCUT2D eigenvalue weighted by atomic mass is 32.1. The lowest BCUT2D eigenvalue weighted by molar-refractivity contribution is 0.495. The molecular weight excluding hydrogens is 252 g/mol. The molecule has 2 nitrogen and oxygen atoms in total. The first kappa shape index (κ1) is 16.6. The van der Waals surface area contributed by atoms with Crippen molar-refractivity contribution in [2.75, 3.05) is 6.54 Å². The molecule has 0 aliphatic heterocycles. The van der Waals surface area contributed by atoms with Crippen molar-refractivity contribution in [1.82, 2.24) is 10.3 Å². The number of unbranched alkanes of at least 4 members (excludes halogenated alkanes) is 3. The minimum absolute atomic E-state index is 0.389. The molecule has 0 aliphatic rings. The summed E-state index contributed by atoms with van der Waals surface area (Å²) in [7, 11) is 0. The summed E-state index contributed by atoms with van der Waals surface area (Å²) in [6.07, 6.45) is 6.77. The van der Waals surface area contributed by atoms with Gasteiger partial charge in [0.25, 0.3) is 0 Å². The molecule has 1 rings (SSSR count). The van der Waals surface area contributed by atoms with Gasteiger partial charge in [0.2, 0.25) is 0 Å². The van der Waals surface area contributed by atoms with Crippen LogP contribution in [0, 0.1) is 19.8 Å². The molecule has 19 heavy (non-hydrogen) atoms. The third-order valence-electron chi connectivity index (χ3n) is 3.51. The second-order valence-electron chi connectivity index (χ2n) is 5.95. The van der Waals surface area contributed by atoms with Gasteiger partial charge in [-0.25, -0.2) is 4.98 Å². The van der Waals surface area contributed by atoms with Crippen LogP contribution in [0.2, 0.25) is 0 Å². The van der Waals surface area contributed by atoms with Crippen LogP contribution in [-0.4, -0.2) is 11.5 Å². The van der Waals surface area contributed by atoms with Crippen LogP contribution in [0.4, 0.5) is 0 Å². The molecule has 0 aromatic carbocycles. The fraction of sp³-hybridized carbons (Fsp3) is 0.812. The van der Waals surface area contributed by atoms with Gasteiger partial charge in [-0.15, -0.1) is 11.3 Å². The first-order chi connectivity index (χ1) is 9.00. The van der Waals surface area contributed by atoms with Crippen molar-refractivity contribution >= 4 is 11.3 Å². The van der Waals surface area contributed by atoms with E-state index in [4.69, 9.17) is 0 Å². The third kappa shape index (κ3) is 6.53. The number of aromatic nitrogens is 1. The van der Waals surface area contributed by atoms with Crippen LogP contribution < -0.4 is 5.32 Å². The molecule has 1 atom stereocenters. The number of nitrogens with one attached hydrogen (secondary N) is 1. The second-order valence-corrected chi connectivity index (χ2v) is 7.35. The molecule has 1 heterocycles. The maximum absolute atomic E-state index is 4.61. The van der Waals surface area contributed by atoms with Gasteiger partial charge in [0.15, 0.2) is 0 Å². The summed E-state index contributed by atoms with van der Waals surface area (Å²) < 4.78 is 0. The van der Waals surface area contributed by atoms with E-state index in [1.165, 1.54) is 47.7 Å². The zero-order valence-electron chi connectivity index (χ0n) is 13.3. The minimum atomic E-state index is 0.389. The fourth-order valence-corrected chi connectivity index (χ4v) is 3.31. The third-order valence-corrected chi connectivity index (χ3v) is 4.41. The van der Waals surface area contributed by atoms with E-state index in [0.29, 0.717) is 6.04 Å². The molecule has 0 saturated heterocycles. The fourth-order valence-electron chi connectivity index (χ4n) is 2.39. The Kier molecular flexibility index (Phi) is 7.62. The van der Waals surface area contributed by atoms with E-state index in [1.807, 2.05) is 0 Å². The van der Waals surface area contributed by atoms with E-state index in [1.54, 1.807) is 11.3 Å². The topological polar surface area (TPSA) is 24.9 Å². The van der Waals surface area contributed by atoms with E-state index < -0.39 is 0 Å². The highest BCUT2D eigenvalue weighted by Crippen LogP contribution is 2.22. The molecule has 0 saturated carbocycles. The Morgan fingerprint density at radius 3 is 2.32 bits per heavy atom. The Balaban J connectivity index is 2.11. The zero-order chi connectivity index (χ0) is 14.3. The first-order valence-electron chi connectivity index (χ1n) is 7.68. The standard InChI is InChI=1S/C16H30N2S/c1-12(2)10-8-6-7-9-11-17-13(3)16-14(4)19-15(5)18-16/h12-13,17H,6-11H2,1-5H3. The van der Waals surface area contributed by atoms with Gasteiger partial charge >= 0.3 is 0 Å². The Bertz CT molecular complexity index is 358. The Morgan fingerprint density at radius 1 is 1.05 bits per heavy atom. The molecule has 1 aromatic rings. The maximum Gasteiger partial charge on any atom is 0.0900 e. The van der Waals surface area contributed by atoms with Gasteiger partial charge < -0.3 is 5.32 Å². The summed E-state index contributed by atoms with van der Waals surface area (Å²) in [6, 6.07) is 0.389. The monoisotopic (exact) mass is 282 g/mol. The average Bonchev–Trinajstić information content (AvgIpc) is 2.66. The highest BCUT2D eigenvalue weighted by molar-refractivity contribution is 7.11. The molecule has 0 fully saturated rings. The summed E-state index contributed by atoms with van der Waals surface area (Å²) in [5.41, 5.74) is 1.24. The van der Waals surface area contributed by atoms with Crippen LogP contribution in [0.15, 0.2) is 0 Å². The number of rotatable bonds is 9. The average molecular weight is 282 g/mol. The van der Waals surface area contributed by atoms with E-state index in [0.717, 1.165) is 12.5 Å². The summed E-state index contributed by atoms with van der Waals surface area (Å²) in [6.45, 7) is 12.2. The Hall–Kier alpha value is -0.410. The van der Waals surface area contributed by atoms with Gasteiger partial charge in [0.05, 0.1) is 10.7 Å². The van der Waals surface area contributed by atoms with E-state index in [2.05, 4.69) is 44.9 Å². The predicted molar refractivity (Wildman–Crippen MR) is 85.9 cm³/mol. The van der Waals surface area contributed by atoms with Crippen LogP contribution in [-0.2, 0) is 0 Å². The lowest BCUT2D eigenvalue weighted by atomic mass is 10.0. The zero-order valence-corrected chi connectivity index (χ0v) is 14.1. The van der Waals surface area contributed by atoms with Crippen LogP contribution in [0.3, 0.4) is 0 Å². The minimum Gasteiger partial charge on any atom is -0.309 e. The summed E-state index contributed by atoms with van der Waals surface area (Å²) in [5, 5.41) is 4.77. The Morgan fingerprint density at radius 2 is 1.74 bits per heavy atom. The molecule has 3 heteroatoms. The highest BCUT2D eigenvalue weighted by Gasteiger charge is 2.11. The molecule has 1 aromatic heterocycles. The van der Waals surface area contributed by atoms with Crippen LogP contribution >= 0.6 is 11.3 Å². The number of hydrogen-bond acceptors (Lipinski definition) is 3. The van der Waals surface area contributed by atoms with E-state index >= 15 is 0 Å². The number of hydrogen-bond donors (Lipinski definition) is 1. The van der Waals surface area contributed by atoms with Crippen molar-refractivity contribution in [1.29, 1.82) is 0 Å². The Labute approximate surface area is 123 Å². The van der Waals surface area contributed by atoms with E-state index in [-0.39, 0.29) is 0 Å². The van der Waals surface area contributed by atoms with Gasteiger partial charge in [0, 0.05) is 10.9 Å². The summed E-state index contributed by atoms with van der Waals surface area (Å²) in [4.78, 5) is 5.97. The van der Waals surface area contributed by atoms with Crippen molar-refractivity contribution in [3.63, 3.8) is 0 Å². The number of nitrogens with zero attached hydrogens (tertiary/aromatic N) is 1. The largest absolute Gasteiger partial charge is 0.309 e. The van der Waals surface area contributed by atoms with Crippen LogP contribution in [0.1, 0.15) is 74.5 Å². The summed E-state index contributed by atoms with van der Waals surface area (Å²) >= 11 is 1.80. The first-order valence-corrected chi connectivity index (χ1v) is 8.49. The van der Waals surface area contributed by atoms with Crippen molar-refractivity contribution in [2.24, 2.45) is 5.92 Å². The van der Waals surface area contributed by atoms with Crippen LogP contribution in [0.25, 0.3) is 0 Å². The molecule has 0 bridgehead atoms. The SMILES string of the molecule is Cc1nc(C(C)NCCCCCCC(C)C)c(C)s1. The molecule has 1 N–H and O–H groups in total. The summed E-state index contributed by atoms with van der Waals surface area (Å²) in [5.74, 6) is 0.856. The van der Waals surface area contributed by atoms with Gasteiger partial charge in [-0.2, -0.15) is 0 Å². The van der Waals surface area contributed by atoms with Gasteiger partial charge in [-0.3, -0.25) is 0 Å². The van der Waals surface area contributed by atoms with Crippen LogP contribution in [0.5, 0.6) is 0 Å². The molecule has 0 amide bonds. The quantitative estimate of drug-likeness (QED) is 0.643. The van der Waals surface area contributed by atoms with Crippen molar-refractivity contribution < 1.29 is 0 Å². The molecule has 0 aliphatic carbocycles. The van der Waals surface area contributed by atoms with E-state index in [9.17, 15) is 0 Å². The lowest BCUT2D eigenvalue weighted by Crippen LogP contribution is -2.20. The smallest absolute Gasteiger partial charge is 0.0900 e.